The van der Waals surface area contributed by atoms with Gasteiger partial charge >= 0.3 is 5.97 Å². The SMILES string of the molecule is Cc1noc2nc(-c3ccc(F)cc3)cc(C(=O)NCCCCC(=O)O)c12. The third-order valence-corrected chi connectivity index (χ3v) is 4.10. The number of aliphatic carboxylic acids is 1. The Kier molecular flexibility index (Phi) is 5.44. The maximum absolute atomic E-state index is 13.2. The Morgan fingerprint density at radius 3 is 2.67 bits per heavy atom. The molecule has 0 unspecified atom stereocenters. The van der Waals surface area contributed by atoms with Crippen LogP contribution in [0.15, 0.2) is 34.9 Å². The van der Waals surface area contributed by atoms with Gasteiger partial charge in [-0.25, -0.2) is 9.37 Å². The quantitative estimate of drug-likeness (QED) is 0.617. The Bertz CT molecular complexity index is 983. The van der Waals surface area contributed by atoms with Crippen molar-refractivity contribution in [3.05, 3.63) is 47.4 Å². The zero-order valence-corrected chi connectivity index (χ0v) is 14.7. The van der Waals surface area contributed by atoms with Gasteiger partial charge in [-0.05, 0) is 50.1 Å². The van der Waals surface area contributed by atoms with Crippen molar-refractivity contribution in [2.75, 3.05) is 6.54 Å². The summed E-state index contributed by atoms with van der Waals surface area (Å²) in [7, 11) is 0. The number of nitrogens with zero attached hydrogens (tertiary/aromatic N) is 2. The lowest BCUT2D eigenvalue weighted by Crippen LogP contribution is -2.25. The minimum absolute atomic E-state index is 0.0643. The lowest BCUT2D eigenvalue weighted by molar-refractivity contribution is -0.137. The summed E-state index contributed by atoms with van der Waals surface area (Å²) in [4.78, 5) is 27.6. The van der Waals surface area contributed by atoms with Gasteiger partial charge in [0.2, 0.25) is 0 Å². The van der Waals surface area contributed by atoms with Crippen molar-refractivity contribution < 1.29 is 23.6 Å². The summed E-state index contributed by atoms with van der Waals surface area (Å²) in [5.41, 5.74) is 2.23. The van der Waals surface area contributed by atoms with Crippen molar-refractivity contribution >= 4 is 23.0 Å². The third kappa shape index (κ3) is 4.28. The zero-order valence-electron chi connectivity index (χ0n) is 14.7. The highest BCUT2D eigenvalue weighted by atomic mass is 19.1. The number of carbonyl (C=O) groups is 2. The highest BCUT2D eigenvalue weighted by Crippen LogP contribution is 2.27. The first kappa shape index (κ1) is 18.5. The van der Waals surface area contributed by atoms with E-state index in [1.54, 1.807) is 25.1 Å². The van der Waals surface area contributed by atoms with Crippen molar-refractivity contribution in [2.45, 2.75) is 26.2 Å². The molecule has 1 amide bonds. The molecule has 0 aliphatic rings. The van der Waals surface area contributed by atoms with E-state index in [1.807, 2.05) is 0 Å². The standard InChI is InChI=1S/C19H18FN3O4/c1-11-17-14(18(26)21-9-3-2-4-16(24)25)10-15(22-19(17)27-23-11)12-5-7-13(20)8-6-12/h5-8,10H,2-4,9H2,1H3,(H,21,26)(H,24,25). The maximum Gasteiger partial charge on any atom is 0.303 e. The van der Waals surface area contributed by atoms with Gasteiger partial charge in [-0.1, -0.05) is 5.16 Å². The van der Waals surface area contributed by atoms with Crippen molar-refractivity contribution in [2.24, 2.45) is 0 Å². The molecule has 27 heavy (non-hydrogen) atoms. The second-order valence-corrected chi connectivity index (χ2v) is 6.12. The fourth-order valence-corrected chi connectivity index (χ4v) is 2.74. The molecular formula is C19H18FN3O4. The number of carboxylic acid groups (broad SMARTS) is 1. The van der Waals surface area contributed by atoms with Gasteiger partial charge in [0.1, 0.15) is 5.82 Å². The molecule has 140 valence electrons. The van der Waals surface area contributed by atoms with Crippen LogP contribution in [-0.2, 0) is 4.79 Å². The topological polar surface area (TPSA) is 105 Å². The van der Waals surface area contributed by atoms with E-state index in [1.165, 1.54) is 12.1 Å². The first-order valence-corrected chi connectivity index (χ1v) is 8.48. The first-order chi connectivity index (χ1) is 13.0. The summed E-state index contributed by atoms with van der Waals surface area (Å²) in [6, 6.07) is 7.39. The molecule has 3 aromatic rings. The molecule has 0 aliphatic carbocycles. The lowest BCUT2D eigenvalue weighted by atomic mass is 10.0. The van der Waals surface area contributed by atoms with Gasteiger partial charge in [0.25, 0.3) is 11.6 Å². The van der Waals surface area contributed by atoms with Crippen LogP contribution >= 0.6 is 0 Å². The predicted molar refractivity (Wildman–Crippen MR) is 95.8 cm³/mol. The number of carboxylic acids is 1. The van der Waals surface area contributed by atoms with E-state index in [0.717, 1.165) is 0 Å². The molecule has 3 rings (SSSR count). The Hall–Kier alpha value is -3.29. The smallest absolute Gasteiger partial charge is 0.303 e. The van der Waals surface area contributed by atoms with E-state index in [9.17, 15) is 14.0 Å². The van der Waals surface area contributed by atoms with Gasteiger partial charge < -0.3 is 14.9 Å². The summed E-state index contributed by atoms with van der Waals surface area (Å²) < 4.78 is 18.4. The molecule has 8 heteroatoms. The molecule has 2 aromatic heterocycles. The van der Waals surface area contributed by atoms with Crippen molar-refractivity contribution in [1.29, 1.82) is 0 Å². The molecule has 0 radical (unpaired) electrons. The molecule has 7 nitrogen and oxygen atoms in total. The molecule has 0 saturated heterocycles. The number of pyridine rings is 1. The van der Waals surface area contributed by atoms with E-state index >= 15 is 0 Å². The lowest BCUT2D eigenvalue weighted by Gasteiger charge is -2.08. The Balaban J connectivity index is 1.86. The number of unbranched alkanes of at least 4 members (excludes halogenated alkanes) is 1. The molecule has 0 aliphatic heterocycles. The van der Waals surface area contributed by atoms with Crippen LogP contribution < -0.4 is 5.32 Å². The summed E-state index contributed by atoms with van der Waals surface area (Å²) in [5.74, 6) is -1.55. The highest BCUT2D eigenvalue weighted by molar-refractivity contribution is 6.06. The number of hydrogen-bond donors (Lipinski definition) is 2. The van der Waals surface area contributed by atoms with Gasteiger partial charge in [0.05, 0.1) is 22.3 Å². The molecule has 0 saturated carbocycles. The van der Waals surface area contributed by atoms with E-state index in [4.69, 9.17) is 9.63 Å². The molecule has 0 bridgehead atoms. The van der Waals surface area contributed by atoms with Crippen LogP contribution in [0, 0.1) is 12.7 Å². The number of aromatic nitrogens is 2. The molecule has 0 atom stereocenters. The number of fused-ring (bicyclic) bond motifs is 1. The van der Waals surface area contributed by atoms with Crippen LogP contribution in [0.4, 0.5) is 4.39 Å². The van der Waals surface area contributed by atoms with Crippen LogP contribution in [0.1, 0.15) is 35.3 Å². The summed E-state index contributed by atoms with van der Waals surface area (Å²) in [6.45, 7) is 2.07. The van der Waals surface area contributed by atoms with Gasteiger partial charge in [-0.2, -0.15) is 0 Å². The second kappa shape index (κ2) is 7.94. The highest BCUT2D eigenvalue weighted by Gasteiger charge is 2.19. The molecule has 2 N–H and O–H groups in total. The fourth-order valence-electron chi connectivity index (χ4n) is 2.74. The van der Waals surface area contributed by atoms with Crippen LogP contribution in [0.2, 0.25) is 0 Å². The fraction of sp³-hybridized carbons (Fsp3) is 0.263. The average Bonchev–Trinajstić information content (AvgIpc) is 3.02. The second-order valence-electron chi connectivity index (χ2n) is 6.12. The molecule has 1 aromatic carbocycles. The van der Waals surface area contributed by atoms with Gasteiger partial charge in [0, 0.05) is 18.5 Å². The number of benzene rings is 1. The van der Waals surface area contributed by atoms with E-state index in [2.05, 4.69) is 15.5 Å². The molecule has 0 spiro atoms. The van der Waals surface area contributed by atoms with Gasteiger partial charge in [-0.15, -0.1) is 0 Å². The van der Waals surface area contributed by atoms with Crippen molar-refractivity contribution in [1.82, 2.24) is 15.5 Å². The monoisotopic (exact) mass is 371 g/mol. The number of hydrogen-bond acceptors (Lipinski definition) is 5. The molecular weight excluding hydrogens is 353 g/mol. The van der Waals surface area contributed by atoms with Gasteiger partial charge in [-0.3, -0.25) is 9.59 Å². The summed E-state index contributed by atoms with van der Waals surface area (Å²) >= 11 is 0. The largest absolute Gasteiger partial charge is 0.481 e. The average molecular weight is 371 g/mol. The summed E-state index contributed by atoms with van der Waals surface area (Å²) in [5, 5.41) is 15.8. The summed E-state index contributed by atoms with van der Waals surface area (Å²) in [6.07, 6.45) is 1.10. The number of aryl methyl sites for hydroxylation is 1. The van der Waals surface area contributed by atoms with Crippen LogP contribution in [0.25, 0.3) is 22.4 Å². The van der Waals surface area contributed by atoms with Crippen LogP contribution in [0.5, 0.6) is 0 Å². The maximum atomic E-state index is 13.2. The van der Waals surface area contributed by atoms with Crippen molar-refractivity contribution in [3.63, 3.8) is 0 Å². The van der Waals surface area contributed by atoms with Gasteiger partial charge in [0.15, 0.2) is 0 Å². The minimum Gasteiger partial charge on any atom is -0.481 e. The molecule has 2 heterocycles. The Labute approximate surface area is 154 Å². The van der Waals surface area contributed by atoms with E-state index in [-0.39, 0.29) is 23.9 Å². The predicted octanol–water partition coefficient (Wildman–Crippen LogP) is 3.32. The number of nitrogens with one attached hydrogen (secondary N) is 1. The number of carbonyl (C=O) groups excluding carboxylic acids is 1. The van der Waals surface area contributed by atoms with Crippen molar-refractivity contribution in [3.8, 4) is 11.3 Å². The number of rotatable bonds is 7. The third-order valence-electron chi connectivity index (χ3n) is 4.10. The van der Waals surface area contributed by atoms with E-state index < -0.39 is 5.97 Å². The van der Waals surface area contributed by atoms with Crippen LogP contribution in [0.3, 0.4) is 0 Å². The van der Waals surface area contributed by atoms with E-state index in [0.29, 0.717) is 47.3 Å². The Morgan fingerprint density at radius 2 is 1.96 bits per heavy atom. The zero-order chi connectivity index (χ0) is 19.4. The normalized spacial score (nSPS) is 10.9. The molecule has 0 fully saturated rings. The number of halogens is 1. The number of amides is 1. The van der Waals surface area contributed by atoms with Crippen LogP contribution in [-0.4, -0.2) is 33.7 Å². The first-order valence-electron chi connectivity index (χ1n) is 8.48. The Morgan fingerprint density at radius 1 is 1.22 bits per heavy atom. The minimum atomic E-state index is -0.860.